The van der Waals surface area contributed by atoms with Crippen molar-refractivity contribution in [3.63, 3.8) is 0 Å². The molecule has 7 atom stereocenters. The molecule has 0 bridgehead atoms. The molecule has 5 amide bonds. The predicted octanol–water partition coefficient (Wildman–Crippen LogP) is 18.1. The summed E-state index contributed by atoms with van der Waals surface area (Å²) in [6.07, 6.45) is -2.95. The minimum Gasteiger partial charge on any atom is -0.460 e. The van der Waals surface area contributed by atoms with E-state index in [0.717, 1.165) is 23.1 Å². The van der Waals surface area contributed by atoms with E-state index in [2.05, 4.69) is 87.8 Å². The Labute approximate surface area is 779 Å². The summed E-state index contributed by atoms with van der Waals surface area (Å²) >= 11 is 3.32. The first kappa shape index (κ1) is 122. The van der Waals surface area contributed by atoms with Crippen LogP contribution < -0.4 is 4.90 Å². The number of Topliss-reactive ketones (excluding diaryl/α,β-unsaturated/α-hetero) is 2. The highest BCUT2D eigenvalue weighted by Crippen LogP contribution is 2.43. The summed E-state index contributed by atoms with van der Waals surface area (Å²) in [7, 11) is -12.1. The molecule has 7 rings (SSSR count). The van der Waals surface area contributed by atoms with Gasteiger partial charge in [-0.3, -0.25) is 29.1 Å². The van der Waals surface area contributed by atoms with Gasteiger partial charge in [-0.05, 0) is 251 Å². The number of amides is 5. The molecule has 130 heavy (non-hydrogen) atoms. The number of ketones is 2. The summed E-state index contributed by atoms with van der Waals surface area (Å²) in [5.41, 5.74) is -9.27. The van der Waals surface area contributed by atoms with Gasteiger partial charge in [-0.25, -0.2) is 24.0 Å². The van der Waals surface area contributed by atoms with Crippen molar-refractivity contribution < 1.29 is 144 Å². The second-order valence-corrected chi connectivity index (χ2v) is 59.9. The lowest BCUT2D eigenvalue weighted by molar-refractivity contribution is -0.192. The van der Waals surface area contributed by atoms with Gasteiger partial charge in [0.15, 0.2) is 36.5 Å². The maximum atomic E-state index is 12.9. The maximum Gasteiger partial charge on any atom is 0.534 e. The van der Waals surface area contributed by atoms with Crippen LogP contribution in [0.15, 0.2) is 34.5 Å². The van der Waals surface area contributed by atoms with Crippen LogP contribution in [0.5, 0.6) is 0 Å². The van der Waals surface area contributed by atoms with Crippen molar-refractivity contribution in [2.75, 3.05) is 77.1 Å². The zero-order valence-electron chi connectivity index (χ0n) is 83.2. The molecule has 1 aromatic rings. The topological polar surface area (TPSA) is 377 Å². The van der Waals surface area contributed by atoms with E-state index in [4.69, 9.17) is 56.4 Å². The number of aliphatic hydroxyl groups excluding tert-OH is 3. The SMILES string of the molecule is CC(C)(C)OC(=O)C1CCN(c2cc(C(F)(F)F)ccc2Br)CC1.CC(C)(C)OC(=O)N1CC=C(OS(=O)(=O)C(F)(F)F)C1CO[Si](C)(C)C(C)(C)C.CC(C)(C)OC(=O)N1CCC(=O)C1CO[Si](C)(C)C(C)(C)C.CC(C)(C)OC(=O)N1CCC(O)C1CO.CC(C)(C)OC(=O)N1CCC(O)C1CO[Si](C)(C)C(C)(C)C.CCC1C(=O)CCN1C(=O)OC(C)(C)C.O=C=O. The third kappa shape index (κ3) is 40.6. The van der Waals surface area contributed by atoms with Crippen LogP contribution in [0, 0.1) is 5.92 Å². The molecule has 5 fully saturated rings. The highest BCUT2D eigenvalue weighted by Gasteiger charge is 2.53. The van der Waals surface area contributed by atoms with E-state index in [1.807, 2.05) is 129 Å². The molecule has 31 nitrogen and oxygen atoms in total. The van der Waals surface area contributed by atoms with Gasteiger partial charge in [-0.15, -0.1) is 0 Å². The first-order chi connectivity index (χ1) is 58.3. The predicted molar refractivity (Wildman–Crippen MR) is 490 cm³/mol. The number of anilines is 1. The average molecular weight is 2010 g/mol. The van der Waals surface area contributed by atoms with E-state index < -0.39 is 140 Å². The number of likely N-dealkylation sites (tertiary alicyclic amines) is 4. The first-order valence-corrected chi connectivity index (χ1v) is 54.6. The average Bonchev–Trinajstić information content (AvgIpc) is 1.54. The molecule has 0 radical (unpaired) electrons. The minimum absolute atomic E-state index is 0.0598. The third-order valence-electron chi connectivity index (χ3n) is 22.2. The van der Waals surface area contributed by atoms with E-state index in [1.165, 1.54) is 20.8 Å². The molecule has 0 saturated carbocycles. The van der Waals surface area contributed by atoms with Gasteiger partial charge in [0.25, 0.3) is 0 Å². The van der Waals surface area contributed by atoms with Crippen LogP contribution in [0.3, 0.4) is 0 Å². The number of aliphatic hydroxyl groups is 3. The van der Waals surface area contributed by atoms with Crippen molar-refractivity contribution in [3.05, 3.63) is 40.1 Å². The molecule has 0 spiro atoms. The Morgan fingerprint density at radius 3 is 1.15 bits per heavy atom. The van der Waals surface area contributed by atoms with Crippen molar-refractivity contribution >= 4 is 111 Å². The van der Waals surface area contributed by atoms with Gasteiger partial charge in [0.2, 0.25) is 0 Å². The fourth-order valence-electron chi connectivity index (χ4n) is 12.1. The Hall–Kier alpha value is -6.48. The second-order valence-electron chi connectivity index (χ2n) is 43.1. The number of esters is 1. The first-order valence-electron chi connectivity index (χ1n) is 43.7. The Kier molecular flexibility index (Phi) is 44.7. The Bertz CT molecular complexity index is 4070. The number of alkyl halides is 6. The van der Waals surface area contributed by atoms with E-state index in [-0.39, 0.29) is 95.4 Å². The van der Waals surface area contributed by atoms with Crippen molar-refractivity contribution in [2.45, 2.75) is 381 Å². The lowest BCUT2D eigenvalue weighted by Crippen LogP contribution is -2.49. The molecule has 6 heterocycles. The molecule has 1 aromatic carbocycles. The van der Waals surface area contributed by atoms with E-state index in [9.17, 15) is 83.3 Å². The van der Waals surface area contributed by atoms with E-state index >= 15 is 0 Å². The maximum absolute atomic E-state index is 12.9. The van der Waals surface area contributed by atoms with Crippen LogP contribution in [0.1, 0.15) is 244 Å². The standard InChI is InChI=1S/C17H21BrF3NO2.C17H30F3NO6SSi.C16H33NO4Si.C16H31NO4Si.C11H19NO3.C10H19NO4.CO2/c1-16(2,3)24-15(23)11-6-8-22(9-7-11)14-10-12(17(19,20)21)4-5-13(14)18;1-15(2,3)26-14(22)21-10-9-13(27-28(23,24)17(18,19)20)12(21)11-25-29(7,8)16(4,5)6;2*1-15(2,3)21-14(19)17-10-9-13(18)12(17)11-20-22(7,8)16(4,5)6;1-5-8-9(13)6-7-12(8)10(14)15-11(2,3)4;1-10(2,3)15-9(14)11-5-4-8(13)7(11)6-12;2-1-3/h4-5,10-11H,6-9H2,1-3H3;9,12H,10-11H2,1-8H3;12-13,18H,9-11H2,1-8H3;12H,9-11H2,1-8H3;8H,5-7H2,1-4H3;7-8,12-13H,4-6H2,1-3H3;. The van der Waals surface area contributed by atoms with Crippen molar-refractivity contribution in [1.29, 1.82) is 0 Å². The van der Waals surface area contributed by atoms with E-state index in [1.54, 1.807) is 46.4 Å². The quantitative estimate of drug-likeness (QED) is 0.0367. The molecule has 5 saturated heterocycles. The molecule has 7 unspecified atom stereocenters. The lowest BCUT2D eigenvalue weighted by atomic mass is 9.96. The second kappa shape index (κ2) is 47.8. The monoisotopic (exact) mass is 2000 g/mol. The Morgan fingerprint density at radius 1 is 0.469 bits per heavy atom. The molecule has 0 aromatic heterocycles. The van der Waals surface area contributed by atoms with Gasteiger partial charge >= 0.3 is 64.4 Å². The van der Waals surface area contributed by atoms with Crippen molar-refractivity contribution in [2.24, 2.45) is 5.92 Å². The number of ether oxygens (including phenoxy) is 6. The number of halogens is 7. The zero-order valence-corrected chi connectivity index (χ0v) is 88.6. The van der Waals surface area contributed by atoms with Gasteiger partial charge in [-0.2, -0.15) is 44.3 Å². The van der Waals surface area contributed by atoms with Crippen LogP contribution >= 0.6 is 15.9 Å². The van der Waals surface area contributed by atoms with E-state index in [0.29, 0.717) is 101 Å². The van der Waals surface area contributed by atoms with Gasteiger partial charge in [0.05, 0.1) is 73.9 Å². The minimum atomic E-state index is -5.87. The Balaban J connectivity index is 0.000000785. The number of benzene rings is 1. The number of carbonyl (C=O) groups is 8. The highest BCUT2D eigenvalue weighted by molar-refractivity contribution is 9.10. The van der Waals surface area contributed by atoms with Gasteiger partial charge < -0.3 is 75.9 Å². The fraction of sp³-hybridized carbons (Fsp3) is 0.807. The summed E-state index contributed by atoms with van der Waals surface area (Å²) < 4.78 is 155. The summed E-state index contributed by atoms with van der Waals surface area (Å²) in [5, 5.41) is 28.7. The lowest BCUT2D eigenvalue weighted by Gasteiger charge is -2.38. The summed E-state index contributed by atoms with van der Waals surface area (Å²) in [6, 6.07) is 0.834. The number of hydrogen-bond donors (Lipinski definition) is 3. The van der Waals surface area contributed by atoms with Crippen LogP contribution in [0.2, 0.25) is 54.4 Å². The molecule has 6 aliphatic rings. The zero-order chi connectivity index (χ0) is 102. The molecule has 42 heteroatoms. The number of piperidine rings is 1. The molecule has 6 aliphatic heterocycles. The van der Waals surface area contributed by atoms with Gasteiger partial charge in [0.1, 0.15) is 51.4 Å². The smallest absolute Gasteiger partial charge is 0.460 e. The summed E-state index contributed by atoms with van der Waals surface area (Å²) in [5.74, 6) is -0.741. The molecule has 3 N–H and O–H groups in total. The summed E-state index contributed by atoms with van der Waals surface area (Å²) in [4.78, 5) is 121. The van der Waals surface area contributed by atoms with Crippen LogP contribution in [-0.2, 0) is 86.1 Å². The largest absolute Gasteiger partial charge is 0.534 e. The van der Waals surface area contributed by atoms with Crippen LogP contribution in [-0.4, -0.2) is 281 Å². The van der Waals surface area contributed by atoms with Gasteiger partial charge in [-0.1, -0.05) is 69.2 Å². The van der Waals surface area contributed by atoms with Crippen molar-refractivity contribution in [1.82, 2.24) is 24.5 Å². The van der Waals surface area contributed by atoms with Crippen molar-refractivity contribution in [3.8, 4) is 0 Å². The molecular formula is C88H153BrF6N6O25SSi3. The van der Waals surface area contributed by atoms with Gasteiger partial charge in [0, 0.05) is 63.1 Å². The highest BCUT2D eigenvalue weighted by atomic mass is 79.9. The number of rotatable bonds is 15. The molecule has 752 valence electrons. The fourth-order valence-corrected chi connectivity index (χ4v) is 16.2. The van der Waals surface area contributed by atoms with Crippen LogP contribution in [0.4, 0.5) is 56.0 Å². The summed E-state index contributed by atoms with van der Waals surface area (Å²) in [6.45, 7) is 68.4. The third-order valence-corrected chi connectivity index (χ3v) is 37.3. The number of hydrogen-bond acceptors (Lipinski definition) is 26. The molecular weight excluding hydrogens is 1850 g/mol. The molecule has 0 aliphatic carbocycles. The normalized spacial score (nSPS) is 20.6. The Morgan fingerprint density at radius 2 is 0.800 bits per heavy atom. The number of carbonyl (C=O) groups excluding carboxylic acids is 10. The number of nitrogens with zero attached hydrogens (tertiary/aromatic N) is 6. The van der Waals surface area contributed by atoms with Crippen LogP contribution in [0.25, 0.3) is 0 Å².